The van der Waals surface area contributed by atoms with Crippen molar-refractivity contribution in [2.75, 3.05) is 11.9 Å². The fraction of sp³-hybridized carbons (Fsp3) is 0.227. The molecule has 1 aromatic heterocycles. The quantitative estimate of drug-likeness (QED) is 0.605. The molecule has 0 radical (unpaired) electrons. The number of rotatable bonds is 6. The Kier molecular flexibility index (Phi) is 5.29. The van der Waals surface area contributed by atoms with Crippen molar-refractivity contribution in [3.63, 3.8) is 0 Å². The fourth-order valence-electron chi connectivity index (χ4n) is 3.42. The van der Waals surface area contributed by atoms with Gasteiger partial charge in [0.2, 0.25) is 5.91 Å². The van der Waals surface area contributed by atoms with Crippen molar-refractivity contribution < 1.29 is 9.59 Å². The van der Waals surface area contributed by atoms with Crippen molar-refractivity contribution >= 4 is 17.8 Å². The van der Waals surface area contributed by atoms with Gasteiger partial charge in [-0.25, -0.2) is 9.48 Å². The molecule has 0 saturated carbocycles. The van der Waals surface area contributed by atoms with Gasteiger partial charge in [0.25, 0.3) is 0 Å². The Morgan fingerprint density at radius 2 is 2.00 bits per heavy atom. The first-order chi connectivity index (χ1) is 14.1. The van der Waals surface area contributed by atoms with Crippen molar-refractivity contribution in [3.05, 3.63) is 66.2 Å². The highest BCUT2D eigenvalue weighted by Crippen LogP contribution is 2.27. The molecule has 2 aromatic carbocycles. The average molecular weight is 389 g/mol. The van der Waals surface area contributed by atoms with Crippen molar-refractivity contribution in [3.8, 4) is 16.9 Å². The molecule has 7 heteroatoms. The summed E-state index contributed by atoms with van der Waals surface area (Å²) in [5, 5.41) is 12.6. The number of amides is 3. The topological polar surface area (TPSA) is 88.1 Å². The maximum atomic E-state index is 12.5. The van der Waals surface area contributed by atoms with Gasteiger partial charge in [-0.05, 0) is 30.2 Å². The maximum absolute atomic E-state index is 12.5. The van der Waals surface area contributed by atoms with Crippen LogP contribution in [0.1, 0.15) is 18.9 Å². The van der Waals surface area contributed by atoms with Crippen LogP contribution in [-0.2, 0) is 11.2 Å². The molecule has 2 heterocycles. The number of hydrogen-bond acceptors (Lipinski definition) is 3. The van der Waals surface area contributed by atoms with Crippen LogP contribution in [0.4, 0.5) is 10.6 Å². The minimum atomic E-state index is -0.610. The number of carbonyl (C=O) groups excluding carboxylic acids is 2. The standard InChI is InChI=1S/C22H23N5O2/c1-2-7-15-8-6-9-16(12-15)19-13-20(25-21(28)18-14-23-22(29)24-18)26-27(19)17-10-4-3-5-11-17/h3-6,8-13,18H,2,7,14H2,1H3,(H2,23,24,29)(H,25,26,28)/t18-/m0/s1. The molecule has 1 fully saturated rings. The summed E-state index contributed by atoms with van der Waals surface area (Å²) in [5.74, 6) is 0.142. The molecule has 3 aromatic rings. The van der Waals surface area contributed by atoms with E-state index in [-0.39, 0.29) is 18.5 Å². The zero-order chi connectivity index (χ0) is 20.2. The molecule has 0 bridgehead atoms. The average Bonchev–Trinajstić information content (AvgIpc) is 3.36. The minimum Gasteiger partial charge on any atom is -0.336 e. The Balaban J connectivity index is 1.69. The first-order valence-corrected chi connectivity index (χ1v) is 9.74. The summed E-state index contributed by atoms with van der Waals surface area (Å²) in [5.41, 5.74) is 4.08. The smallest absolute Gasteiger partial charge is 0.315 e. The first-order valence-electron chi connectivity index (χ1n) is 9.74. The summed E-state index contributed by atoms with van der Waals surface area (Å²) >= 11 is 0. The number of urea groups is 1. The normalized spacial score (nSPS) is 15.6. The number of nitrogens with zero attached hydrogens (tertiary/aromatic N) is 2. The third-order valence-corrected chi connectivity index (χ3v) is 4.81. The van der Waals surface area contributed by atoms with Crippen molar-refractivity contribution in [2.24, 2.45) is 0 Å². The second-order valence-electron chi connectivity index (χ2n) is 7.01. The van der Waals surface area contributed by atoms with Gasteiger partial charge in [-0.1, -0.05) is 49.7 Å². The molecule has 148 valence electrons. The van der Waals surface area contributed by atoms with Gasteiger partial charge >= 0.3 is 6.03 Å². The highest BCUT2D eigenvalue weighted by Gasteiger charge is 2.27. The Morgan fingerprint density at radius 1 is 1.17 bits per heavy atom. The van der Waals surface area contributed by atoms with Crippen LogP contribution < -0.4 is 16.0 Å². The van der Waals surface area contributed by atoms with Crippen LogP contribution in [0.25, 0.3) is 16.9 Å². The van der Waals surface area contributed by atoms with Gasteiger partial charge in [-0.15, -0.1) is 5.10 Å². The van der Waals surface area contributed by atoms with Gasteiger partial charge in [0, 0.05) is 18.2 Å². The van der Waals surface area contributed by atoms with Gasteiger partial charge in [0.15, 0.2) is 5.82 Å². The van der Waals surface area contributed by atoms with E-state index in [0.717, 1.165) is 29.8 Å². The highest BCUT2D eigenvalue weighted by molar-refractivity contribution is 5.98. The molecule has 1 saturated heterocycles. The molecule has 3 N–H and O–H groups in total. The lowest BCUT2D eigenvalue weighted by Crippen LogP contribution is -2.38. The van der Waals surface area contributed by atoms with E-state index in [1.54, 1.807) is 0 Å². The van der Waals surface area contributed by atoms with E-state index >= 15 is 0 Å². The predicted molar refractivity (Wildman–Crippen MR) is 112 cm³/mol. The Morgan fingerprint density at radius 3 is 2.72 bits per heavy atom. The van der Waals surface area contributed by atoms with Crippen LogP contribution in [0.15, 0.2) is 60.7 Å². The summed E-state index contributed by atoms with van der Waals surface area (Å²) in [6.45, 7) is 2.42. The van der Waals surface area contributed by atoms with E-state index in [1.165, 1.54) is 5.56 Å². The van der Waals surface area contributed by atoms with Crippen molar-refractivity contribution in [2.45, 2.75) is 25.8 Å². The number of anilines is 1. The van der Waals surface area contributed by atoms with E-state index in [1.807, 2.05) is 53.2 Å². The number of aryl methyl sites for hydroxylation is 1. The van der Waals surface area contributed by atoms with Gasteiger partial charge in [0.05, 0.1) is 11.4 Å². The van der Waals surface area contributed by atoms with E-state index in [4.69, 9.17) is 0 Å². The lowest BCUT2D eigenvalue weighted by atomic mass is 10.0. The fourth-order valence-corrected chi connectivity index (χ4v) is 3.42. The van der Waals surface area contributed by atoms with E-state index < -0.39 is 6.04 Å². The molecule has 0 aliphatic carbocycles. The van der Waals surface area contributed by atoms with Gasteiger partial charge in [0.1, 0.15) is 6.04 Å². The van der Waals surface area contributed by atoms with Crippen LogP contribution in [0.5, 0.6) is 0 Å². The third kappa shape index (κ3) is 4.13. The zero-order valence-corrected chi connectivity index (χ0v) is 16.2. The monoisotopic (exact) mass is 389 g/mol. The van der Waals surface area contributed by atoms with Crippen LogP contribution in [-0.4, -0.2) is 34.3 Å². The number of carbonyl (C=O) groups is 2. The number of aromatic nitrogens is 2. The molecule has 1 aliphatic heterocycles. The summed E-state index contributed by atoms with van der Waals surface area (Å²) in [7, 11) is 0. The Labute approximate surface area is 169 Å². The molecule has 1 aliphatic rings. The first kappa shape index (κ1) is 18.7. The number of para-hydroxylation sites is 1. The second-order valence-corrected chi connectivity index (χ2v) is 7.01. The molecule has 0 spiro atoms. The molecule has 0 unspecified atom stereocenters. The van der Waals surface area contributed by atoms with Gasteiger partial charge in [-0.3, -0.25) is 4.79 Å². The molecule has 7 nitrogen and oxygen atoms in total. The minimum absolute atomic E-state index is 0.260. The summed E-state index contributed by atoms with van der Waals surface area (Å²) < 4.78 is 1.83. The molecular weight excluding hydrogens is 366 g/mol. The van der Waals surface area contributed by atoms with Gasteiger partial charge in [-0.2, -0.15) is 0 Å². The molecule has 3 amide bonds. The molecule has 4 rings (SSSR count). The second kappa shape index (κ2) is 8.18. The summed E-state index contributed by atoms with van der Waals surface area (Å²) in [4.78, 5) is 23.8. The van der Waals surface area contributed by atoms with Crippen LogP contribution in [0.3, 0.4) is 0 Å². The largest absolute Gasteiger partial charge is 0.336 e. The third-order valence-electron chi connectivity index (χ3n) is 4.81. The number of benzene rings is 2. The van der Waals surface area contributed by atoms with E-state index in [9.17, 15) is 9.59 Å². The lowest BCUT2D eigenvalue weighted by Gasteiger charge is -2.09. The molecule has 29 heavy (non-hydrogen) atoms. The molecule has 1 atom stereocenters. The van der Waals surface area contributed by atoms with Crippen molar-refractivity contribution in [1.29, 1.82) is 0 Å². The number of nitrogens with one attached hydrogen (secondary N) is 3. The van der Waals surface area contributed by atoms with E-state index in [0.29, 0.717) is 5.82 Å². The Bertz CT molecular complexity index is 1030. The SMILES string of the molecule is CCCc1cccc(-c2cc(NC(=O)[C@@H]3CNC(=O)N3)nn2-c2ccccc2)c1. The predicted octanol–water partition coefficient (Wildman–Crippen LogP) is 3.11. The van der Waals surface area contributed by atoms with E-state index in [2.05, 4.69) is 40.1 Å². The van der Waals surface area contributed by atoms with Crippen LogP contribution >= 0.6 is 0 Å². The maximum Gasteiger partial charge on any atom is 0.315 e. The van der Waals surface area contributed by atoms with Crippen molar-refractivity contribution in [1.82, 2.24) is 20.4 Å². The van der Waals surface area contributed by atoms with Crippen LogP contribution in [0, 0.1) is 0 Å². The van der Waals surface area contributed by atoms with Gasteiger partial charge < -0.3 is 16.0 Å². The summed E-state index contributed by atoms with van der Waals surface area (Å²) in [6, 6.07) is 19.1. The lowest BCUT2D eigenvalue weighted by molar-refractivity contribution is -0.117. The zero-order valence-electron chi connectivity index (χ0n) is 16.2. The molecular formula is C22H23N5O2. The van der Waals surface area contributed by atoms with Crippen LogP contribution in [0.2, 0.25) is 0 Å². The number of hydrogen-bond donors (Lipinski definition) is 3. The summed E-state index contributed by atoms with van der Waals surface area (Å²) in [6.07, 6.45) is 2.08. The highest BCUT2D eigenvalue weighted by atomic mass is 16.2. The Hall–Kier alpha value is -3.61.